The first-order chi connectivity index (χ1) is 6.70. The molecule has 0 saturated heterocycles. The summed E-state index contributed by atoms with van der Waals surface area (Å²) in [5, 5.41) is 0.779. The summed E-state index contributed by atoms with van der Waals surface area (Å²) in [5.41, 5.74) is 0.716. The Kier molecular flexibility index (Phi) is 2.25. The fraction of sp³-hybridized carbons (Fsp3) is 0.100. The van der Waals surface area contributed by atoms with E-state index >= 15 is 0 Å². The van der Waals surface area contributed by atoms with E-state index in [9.17, 15) is 9.18 Å². The Morgan fingerprint density at radius 1 is 1.36 bits per heavy atom. The molecule has 0 aliphatic carbocycles. The SMILES string of the molecule is O=c1[nH]c2cc(F)ccc2cc1CCl. The zero-order valence-electron chi connectivity index (χ0n) is 7.18. The summed E-state index contributed by atoms with van der Waals surface area (Å²) in [6.07, 6.45) is 0. The molecule has 0 saturated carbocycles. The number of fused-ring (bicyclic) bond motifs is 1. The Balaban J connectivity index is 2.79. The van der Waals surface area contributed by atoms with E-state index < -0.39 is 0 Å². The molecule has 0 spiro atoms. The molecular formula is C10H7ClFNO. The molecule has 0 bridgehead atoms. The number of halogens is 2. The van der Waals surface area contributed by atoms with E-state index in [1.54, 1.807) is 12.1 Å². The summed E-state index contributed by atoms with van der Waals surface area (Å²) in [4.78, 5) is 13.9. The number of alkyl halides is 1. The lowest BCUT2D eigenvalue weighted by Crippen LogP contribution is -2.10. The number of hydrogen-bond donors (Lipinski definition) is 1. The Morgan fingerprint density at radius 3 is 2.86 bits per heavy atom. The van der Waals surface area contributed by atoms with Crippen LogP contribution in [0.1, 0.15) is 5.56 Å². The van der Waals surface area contributed by atoms with Crippen LogP contribution < -0.4 is 5.56 Å². The maximum absolute atomic E-state index is 12.8. The van der Waals surface area contributed by atoms with Gasteiger partial charge in [0, 0.05) is 5.56 Å². The van der Waals surface area contributed by atoms with Gasteiger partial charge in [-0.15, -0.1) is 11.6 Å². The lowest BCUT2D eigenvalue weighted by Gasteiger charge is -1.99. The minimum absolute atomic E-state index is 0.155. The van der Waals surface area contributed by atoms with E-state index in [0.717, 1.165) is 5.39 Å². The number of aromatic nitrogens is 1. The maximum atomic E-state index is 12.8. The molecule has 0 atom stereocenters. The summed E-state index contributed by atoms with van der Waals surface area (Å²) in [5.74, 6) is -0.213. The molecule has 0 aliphatic heterocycles. The van der Waals surface area contributed by atoms with Gasteiger partial charge < -0.3 is 4.98 Å². The van der Waals surface area contributed by atoms with Gasteiger partial charge in [-0.05, 0) is 29.7 Å². The van der Waals surface area contributed by atoms with E-state index in [1.165, 1.54) is 12.1 Å². The highest BCUT2D eigenvalue weighted by Crippen LogP contribution is 2.13. The van der Waals surface area contributed by atoms with E-state index in [2.05, 4.69) is 4.98 Å². The Bertz CT molecular complexity index is 535. The first-order valence-electron chi connectivity index (χ1n) is 4.08. The molecule has 1 heterocycles. The molecule has 0 aliphatic rings. The van der Waals surface area contributed by atoms with E-state index in [-0.39, 0.29) is 17.3 Å². The second kappa shape index (κ2) is 3.42. The zero-order valence-corrected chi connectivity index (χ0v) is 7.94. The highest BCUT2D eigenvalue weighted by Gasteiger charge is 2.02. The van der Waals surface area contributed by atoms with Crippen LogP contribution in [0, 0.1) is 5.82 Å². The number of rotatable bonds is 1. The van der Waals surface area contributed by atoms with Gasteiger partial charge in [-0.3, -0.25) is 4.79 Å². The molecular weight excluding hydrogens is 205 g/mol. The van der Waals surface area contributed by atoms with E-state index in [1.807, 2.05) is 0 Å². The van der Waals surface area contributed by atoms with Crippen molar-refractivity contribution in [3.8, 4) is 0 Å². The van der Waals surface area contributed by atoms with Crippen LogP contribution in [0.25, 0.3) is 10.9 Å². The molecule has 0 radical (unpaired) electrons. The fourth-order valence-electron chi connectivity index (χ4n) is 1.32. The van der Waals surface area contributed by atoms with Crippen molar-refractivity contribution in [2.24, 2.45) is 0 Å². The van der Waals surface area contributed by atoms with Crippen LogP contribution in [0.4, 0.5) is 4.39 Å². The third kappa shape index (κ3) is 1.51. The van der Waals surface area contributed by atoms with Gasteiger partial charge in [0.2, 0.25) is 0 Å². The van der Waals surface area contributed by atoms with Crippen molar-refractivity contribution in [1.82, 2.24) is 4.98 Å². The predicted octanol–water partition coefficient (Wildman–Crippen LogP) is 2.41. The molecule has 0 amide bonds. The van der Waals surface area contributed by atoms with Crippen molar-refractivity contribution in [2.45, 2.75) is 5.88 Å². The lowest BCUT2D eigenvalue weighted by atomic mass is 10.2. The molecule has 1 aromatic heterocycles. The summed E-state index contributed by atoms with van der Waals surface area (Å²) in [6, 6.07) is 5.91. The number of nitrogens with one attached hydrogen (secondary N) is 1. The fourth-order valence-corrected chi connectivity index (χ4v) is 1.52. The largest absolute Gasteiger partial charge is 0.322 e. The molecule has 2 nitrogen and oxygen atoms in total. The highest BCUT2D eigenvalue weighted by molar-refractivity contribution is 6.17. The molecule has 14 heavy (non-hydrogen) atoms. The second-order valence-electron chi connectivity index (χ2n) is 2.99. The number of hydrogen-bond acceptors (Lipinski definition) is 1. The normalized spacial score (nSPS) is 10.7. The highest BCUT2D eigenvalue weighted by atomic mass is 35.5. The minimum Gasteiger partial charge on any atom is -0.322 e. The van der Waals surface area contributed by atoms with Crippen molar-refractivity contribution >= 4 is 22.5 Å². The Labute approximate surface area is 84.3 Å². The Hall–Kier alpha value is -1.35. The van der Waals surface area contributed by atoms with Crippen molar-refractivity contribution in [3.63, 3.8) is 0 Å². The average molecular weight is 212 g/mol. The summed E-state index contributed by atoms with van der Waals surface area (Å²) in [6.45, 7) is 0. The van der Waals surface area contributed by atoms with Gasteiger partial charge in [-0.25, -0.2) is 4.39 Å². The van der Waals surface area contributed by atoms with Crippen LogP contribution in [0.5, 0.6) is 0 Å². The van der Waals surface area contributed by atoms with Gasteiger partial charge in [-0.2, -0.15) is 0 Å². The molecule has 1 N–H and O–H groups in total. The van der Waals surface area contributed by atoms with Crippen LogP contribution in [0.15, 0.2) is 29.1 Å². The minimum atomic E-state index is -0.369. The quantitative estimate of drug-likeness (QED) is 0.722. The molecule has 72 valence electrons. The Morgan fingerprint density at radius 2 is 2.14 bits per heavy atom. The molecule has 0 unspecified atom stereocenters. The van der Waals surface area contributed by atoms with Crippen LogP contribution in [0.2, 0.25) is 0 Å². The van der Waals surface area contributed by atoms with Gasteiger partial charge in [0.15, 0.2) is 0 Å². The molecule has 0 fully saturated rings. The van der Waals surface area contributed by atoms with Gasteiger partial charge in [0.05, 0.1) is 11.4 Å². The van der Waals surface area contributed by atoms with Gasteiger partial charge in [-0.1, -0.05) is 0 Å². The summed E-state index contributed by atoms with van der Waals surface area (Å²) in [7, 11) is 0. The van der Waals surface area contributed by atoms with Crippen LogP contribution in [0.3, 0.4) is 0 Å². The molecule has 2 rings (SSSR count). The van der Waals surface area contributed by atoms with Gasteiger partial charge in [0.1, 0.15) is 5.82 Å². The van der Waals surface area contributed by atoms with E-state index in [4.69, 9.17) is 11.6 Å². The molecule has 2 aromatic rings. The first-order valence-corrected chi connectivity index (χ1v) is 4.61. The molecule has 1 aromatic carbocycles. The summed E-state index contributed by atoms with van der Waals surface area (Å²) < 4.78 is 12.8. The van der Waals surface area contributed by atoms with Crippen LogP contribution >= 0.6 is 11.6 Å². The van der Waals surface area contributed by atoms with Gasteiger partial charge in [0.25, 0.3) is 5.56 Å². The third-order valence-corrected chi connectivity index (χ3v) is 2.32. The first kappa shape index (κ1) is 9.21. The van der Waals surface area contributed by atoms with Crippen molar-refractivity contribution in [2.75, 3.05) is 0 Å². The monoisotopic (exact) mass is 211 g/mol. The lowest BCUT2D eigenvalue weighted by molar-refractivity contribution is 0.629. The number of benzene rings is 1. The van der Waals surface area contributed by atoms with E-state index in [0.29, 0.717) is 11.1 Å². The predicted molar refractivity (Wildman–Crippen MR) is 54.1 cm³/mol. The van der Waals surface area contributed by atoms with Crippen molar-refractivity contribution in [3.05, 3.63) is 46.0 Å². The third-order valence-electron chi connectivity index (χ3n) is 2.03. The smallest absolute Gasteiger partial charge is 0.252 e. The van der Waals surface area contributed by atoms with Crippen LogP contribution in [-0.2, 0) is 5.88 Å². The number of H-pyrrole nitrogens is 1. The van der Waals surface area contributed by atoms with Crippen LogP contribution in [-0.4, -0.2) is 4.98 Å². The van der Waals surface area contributed by atoms with Crippen molar-refractivity contribution in [1.29, 1.82) is 0 Å². The van der Waals surface area contributed by atoms with Crippen molar-refractivity contribution < 1.29 is 4.39 Å². The summed E-state index contributed by atoms with van der Waals surface area (Å²) >= 11 is 5.57. The second-order valence-corrected chi connectivity index (χ2v) is 3.26. The number of pyridine rings is 1. The molecule has 4 heteroatoms. The zero-order chi connectivity index (χ0) is 10.1. The standard InChI is InChI=1S/C10H7ClFNO/c11-5-7-3-6-1-2-8(12)4-9(6)13-10(7)14/h1-4H,5H2,(H,13,14). The topological polar surface area (TPSA) is 32.9 Å². The maximum Gasteiger partial charge on any atom is 0.252 e. The number of aromatic amines is 1. The van der Waals surface area contributed by atoms with Gasteiger partial charge >= 0.3 is 0 Å². The average Bonchev–Trinajstić information content (AvgIpc) is 2.16.